The van der Waals surface area contributed by atoms with Gasteiger partial charge in [0.2, 0.25) is 5.91 Å². The molecule has 3 heterocycles. The Balaban J connectivity index is 1.36. The van der Waals surface area contributed by atoms with Crippen molar-refractivity contribution in [2.75, 3.05) is 32.8 Å². The van der Waals surface area contributed by atoms with E-state index in [-0.39, 0.29) is 29.0 Å². The highest BCUT2D eigenvalue weighted by molar-refractivity contribution is 5.73. The normalized spacial score (nSPS) is 30.7. The van der Waals surface area contributed by atoms with Gasteiger partial charge in [-0.05, 0) is 55.8 Å². The zero-order chi connectivity index (χ0) is 19.9. The summed E-state index contributed by atoms with van der Waals surface area (Å²) in [6.45, 7) is 5.79. The lowest BCUT2D eigenvalue weighted by Gasteiger charge is -2.41. The number of carbonyl (C=O) groups excluding carboxylic acids is 1. The number of hydrogen-bond acceptors (Lipinski definition) is 4. The first kappa shape index (κ1) is 19.7. The van der Waals surface area contributed by atoms with Crippen LogP contribution in [0.25, 0.3) is 0 Å². The zero-order valence-corrected chi connectivity index (χ0v) is 16.4. The largest absolute Gasteiger partial charge is 0.370 e. The molecule has 0 aromatic heterocycles. The van der Waals surface area contributed by atoms with Crippen molar-refractivity contribution in [3.8, 4) is 0 Å². The molecule has 0 saturated carbocycles. The molecule has 7 heteroatoms. The van der Waals surface area contributed by atoms with Crippen LogP contribution in [0.5, 0.6) is 0 Å². The van der Waals surface area contributed by atoms with E-state index in [0.29, 0.717) is 13.0 Å². The zero-order valence-electron chi connectivity index (χ0n) is 16.4. The molecule has 1 amide bonds. The van der Waals surface area contributed by atoms with E-state index in [1.807, 2.05) is 4.90 Å². The van der Waals surface area contributed by atoms with Crippen LogP contribution in [-0.4, -0.2) is 60.6 Å². The van der Waals surface area contributed by atoms with Crippen molar-refractivity contribution in [2.45, 2.75) is 50.8 Å². The lowest BCUT2D eigenvalue weighted by atomic mass is 9.77. The van der Waals surface area contributed by atoms with Gasteiger partial charge >= 0.3 is 0 Å². The third-order valence-corrected chi connectivity index (χ3v) is 6.92. The van der Waals surface area contributed by atoms with Gasteiger partial charge in [0, 0.05) is 44.2 Å². The van der Waals surface area contributed by atoms with Crippen molar-refractivity contribution in [3.05, 3.63) is 35.4 Å². The summed E-state index contributed by atoms with van der Waals surface area (Å²) in [5.41, 5.74) is 6.81. The summed E-state index contributed by atoms with van der Waals surface area (Å²) in [5.74, 6) is -0.794. The Kier molecular flexibility index (Phi) is 5.42. The van der Waals surface area contributed by atoms with Crippen LogP contribution >= 0.6 is 0 Å². The Morgan fingerprint density at radius 3 is 2.61 bits per heavy atom. The standard InChI is InChI=1S/C21H29F2N3O2/c1-14(27)25-7-4-21(5-8-25)6-9-26(13-21)16-11-19(24)20(28-12-16)17-10-15(22)2-3-18(17)23/h2-3,10,16,19-20H,4-9,11-13,24H2,1H3/t16-,19+,20-/m1/s1. The number of nitrogens with zero attached hydrogens (tertiary/aromatic N) is 2. The minimum absolute atomic E-state index is 0.159. The molecule has 3 fully saturated rings. The van der Waals surface area contributed by atoms with E-state index in [1.54, 1.807) is 6.92 Å². The fourth-order valence-corrected chi connectivity index (χ4v) is 5.14. The van der Waals surface area contributed by atoms with Gasteiger partial charge < -0.3 is 15.4 Å². The monoisotopic (exact) mass is 393 g/mol. The van der Waals surface area contributed by atoms with Crippen molar-refractivity contribution in [2.24, 2.45) is 11.1 Å². The van der Waals surface area contributed by atoms with Gasteiger partial charge in [-0.1, -0.05) is 0 Å². The minimum Gasteiger partial charge on any atom is -0.370 e. The quantitative estimate of drug-likeness (QED) is 0.839. The van der Waals surface area contributed by atoms with Crippen molar-refractivity contribution in [3.63, 3.8) is 0 Å². The molecule has 1 aromatic carbocycles. The molecule has 0 radical (unpaired) electrons. The molecule has 0 bridgehead atoms. The third kappa shape index (κ3) is 3.80. The fraction of sp³-hybridized carbons (Fsp3) is 0.667. The number of benzene rings is 1. The molecule has 3 aliphatic heterocycles. The summed E-state index contributed by atoms with van der Waals surface area (Å²) >= 11 is 0. The Morgan fingerprint density at radius 1 is 1.21 bits per heavy atom. The van der Waals surface area contributed by atoms with Crippen LogP contribution in [0, 0.1) is 17.0 Å². The first-order valence-electron chi connectivity index (χ1n) is 10.2. The van der Waals surface area contributed by atoms with E-state index < -0.39 is 17.7 Å². The van der Waals surface area contributed by atoms with E-state index in [1.165, 1.54) is 6.07 Å². The molecule has 28 heavy (non-hydrogen) atoms. The van der Waals surface area contributed by atoms with Gasteiger partial charge in [-0.3, -0.25) is 9.69 Å². The van der Waals surface area contributed by atoms with Gasteiger partial charge in [-0.15, -0.1) is 0 Å². The Morgan fingerprint density at radius 2 is 1.93 bits per heavy atom. The molecular weight excluding hydrogens is 364 g/mol. The highest BCUT2D eigenvalue weighted by atomic mass is 19.1. The van der Waals surface area contributed by atoms with Gasteiger partial charge in [0.25, 0.3) is 0 Å². The Bertz CT molecular complexity index is 736. The predicted molar refractivity (Wildman–Crippen MR) is 102 cm³/mol. The molecular formula is C21H29F2N3O2. The molecule has 4 rings (SSSR count). The minimum atomic E-state index is -0.609. The Hall–Kier alpha value is -1.57. The van der Waals surface area contributed by atoms with Crippen molar-refractivity contribution in [1.29, 1.82) is 0 Å². The van der Waals surface area contributed by atoms with E-state index >= 15 is 0 Å². The SMILES string of the molecule is CC(=O)N1CCC2(CC1)CCN([C@H]1CO[C@H](c3cc(F)ccc3F)[C@@H](N)C1)C2. The summed E-state index contributed by atoms with van der Waals surface area (Å²) in [7, 11) is 0. The second-order valence-corrected chi connectivity index (χ2v) is 8.70. The maximum Gasteiger partial charge on any atom is 0.219 e. The predicted octanol–water partition coefficient (Wildman–Crippen LogP) is 2.46. The number of rotatable bonds is 2. The van der Waals surface area contributed by atoms with E-state index in [0.717, 1.165) is 57.6 Å². The van der Waals surface area contributed by atoms with Gasteiger partial charge in [0.1, 0.15) is 17.7 Å². The lowest BCUT2D eigenvalue weighted by molar-refractivity contribution is -0.131. The molecule has 1 aromatic rings. The summed E-state index contributed by atoms with van der Waals surface area (Å²) in [5, 5.41) is 0. The van der Waals surface area contributed by atoms with Gasteiger partial charge in [-0.2, -0.15) is 0 Å². The number of likely N-dealkylation sites (tertiary alicyclic amines) is 2. The average Bonchev–Trinajstić information content (AvgIpc) is 3.08. The first-order valence-corrected chi connectivity index (χ1v) is 10.2. The number of ether oxygens (including phenoxy) is 1. The second kappa shape index (κ2) is 7.69. The van der Waals surface area contributed by atoms with Crippen LogP contribution in [0.3, 0.4) is 0 Å². The topological polar surface area (TPSA) is 58.8 Å². The van der Waals surface area contributed by atoms with Gasteiger partial charge in [-0.25, -0.2) is 8.78 Å². The molecule has 5 nitrogen and oxygen atoms in total. The summed E-state index contributed by atoms with van der Waals surface area (Å²) in [4.78, 5) is 16.0. The van der Waals surface area contributed by atoms with Crippen LogP contribution in [0.1, 0.15) is 44.3 Å². The molecule has 3 aliphatic rings. The number of hydrogen-bond donors (Lipinski definition) is 1. The smallest absolute Gasteiger partial charge is 0.219 e. The lowest BCUT2D eigenvalue weighted by Crippen LogP contribution is -2.50. The van der Waals surface area contributed by atoms with Crippen molar-refractivity contribution >= 4 is 5.91 Å². The van der Waals surface area contributed by atoms with Crippen LogP contribution in [0.4, 0.5) is 8.78 Å². The first-order chi connectivity index (χ1) is 13.4. The highest BCUT2D eigenvalue weighted by Gasteiger charge is 2.44. The molecule has 154 valence electrons. The molecule has 0 unspecified atom stereocenters. The summed E-state index contributed by atoms with van der Waals surface area (Å²) in [6.07, 6.45) is 3.31. The molecule has 0 aliphatic carbocycles. The number of nitrogens with two attached hydrogens (primary N) is 1. The van der Waals surface area contributed by atoms with Gasteiger partial charge in [0.15, 0.2) is 0 Å². The highest BCUT2D eigenvalue weighted by Crippen LogP contribution is 2.42. The van der Waals surface area contributed by atoms with Crippen molar-refractivity contribution < 1.29 is 18.3 Å². The van der Waals surface area contributed by atoms with Crippen LogP contribution in [-0.2, 0) is 9.53 Å². The summed E-state index contributed by atoms with van der Waals surface area (Å²) < 4.78 is 33.6. The van der Waals surface area contributed by atoms with E-state index in [4.69, 9.17) is 10.5 Å². The molecule has 3 atom stereocenters. The third-order valence-electron chi connectivity index (χ3n) is 6.92. The maximum atomic E-state index is 14.1. The van der Waals surface area contributed by atoms with Crippen LogP contribution < -0.4 is 5.73 Å². The molecule has 3 saturated heterocycles. The number of carbonyl (C=O) groups is 1. The summed E-state index contributed by atoms with van der Waals surface area (Å²) in [6, 6.07) is 3.26. The van der Waals surface area contributed by atoms with Gasteiger partial charge in [0.05, 0.1) is 6.61 Å². The average molecular weight is 393 g/mol. The van der Waals surface area contributed by atoms with E-state index in [9.17, 15) is 13.6 Å². The fourth-order valence-electron chi connectivity index (χ4n) is 5.14. The maximum absolute atomic E-state index is 14.1. The number of amides is 1. The number of halogens is 2. The van der Waals surface area contributed by atoms with E-state index in [2.05, 4.69) is 4.90 Å². The van der Waals surface area contributed by atoms with Crippen LogP contribution in [0.15, 0.2) is 18.2 Å². The Labute approximate surface area is 164 Å². The molecule has 1 spiro atoms. The van der Waals surface area contributed by atoms with Crippen LogP contribution in [0.2, 0.25) is 0 Å². The second-order valence-electron chi connectivity index (χ2n) is 8.70. The van der Waals surface area contributed by atoms with Crippen molar-refractivity contribution in [1.82, 2.24) is 9.80 Å². The number of piperidine rings is 1. The molecule has 2 N–H and O–H groups in total.